The summed E-state index contributed by atoms with van der Waals surface area (Å²) >= 11 is 1.44. The quantitative estimate of drug-likeness (QED) is 0.566. The monoisotopic (exact) mass is 393 g/mol. The van der Waals surface area contributed by atoms with Crippen LogP contribution in [0.1, 0.15) is 5.69 Å². The van der Waals surface area contributed by atoms with Crippen molar-refractivity contribution in [2.24, 2.45) is 0 Å². The molecule has 0 saturated heterocycles. The van der Waals surface area contributed by atoms with Gasteiger partial charge < -0.3 is 19.3 Å². The van der Waals surface area contributed by atoms with E-state index in [0.717, 1.165) is 15.8 Å². The molecule has 2 aromatic heterocycles. The second kappa shape index (κ2) is 6.97. The van der Waals surface area contributed by atoms with Crippen LogP contribution in [0.3, 0.4) is 0 Å². The number of thiazole rings is 1. The fourth-order valence-corrected chi connectivity index (χ4v) is 3.86. The largest absolute Gasteiger partial charge is 0.486 e. The number of ether oxygens (including phenoxy) is 2. The number of rotatable bonds is 4. The summed E-state index contributed by atoms with van der Waals surface area (Å²) in [5.41, 5.74) is 2.23. The highest BCUT2D eigenvalue weighted by Gasteiger charge is 2.16. The van der Waals surface area contributed by atoms with E-state index in [1.54, 1.807) is 6.07 Å². The van der Waals surface area contributed by atoms with Gasteiger partial charge in [-0.2, -0.15) is 0 Å². The van der Waals surface area contributed by atoms with E-state index in [1.165, 1.54) is 11.3 Å². The van der Waals surface area contributed by atoms with Gasteiger partial charge in [-0.1, -0.05) is 28.6 Å². The summed E-state index contributed by atoms with van der Waals surface area (Å²) in [7, 11) is 0. The van der Waals surface area contributed by atoms with Gasteiger partial charge in [0.15, 0.2) is 22.4 Å². The Bertz CT molecular complexity index is 1130. The van der Waals surface area contributed by atoms with Gasteiger partial charge in [0.25, 0.3) is 0 Å². The van der Waals surface area contributed by atoms with E-state index in [9.17, 15) is 4.79 Å². The Morgan fingerprint density at radius 2 is 1.93 bits per heavy atom. The maximum atomic E-state index is 12.3. The van der Waals surface area contributed by atoms with E-state index in [1.807, 2.05) is 42.5 Å². The highest BCUT2D eigenvalue weighted by Crippen LogP contribution is 2.34. The van der Waals surface area contributed by atoms with Crippen LogP contribution in [0.25, 0.3) is 21.5 Å². The van der Waals surface area contributed by atoms with Crippen LogP contribution in [0, 0.1) is 0 Å². The number of carbonyl (C=O) groups is 1. The van der Waals surface area contributed by atoms with Crippen molar-refractivity contribution in [3.8, 4) is 22.8 Å². The van der Waals surface area contributed by atoms with E-state index in [-0.39, 0.29) is 12.3 Å². The molecule has 28 heavy (non-hydrogen) atoms. The molecule has 0 unspecified atom stereocenters. The number of aromatic nitrogens is 2. The Morgan fingerprint density at radius 1 is 1.07 bits per heavy atom. The third-order valence-corrected chi connectivity index (χ3v) is 5.22. The number of anilines is 1. The van der Waals surface area contributed by atoms with E-state index in [0.29, 0.717) is 41.3 Å². The molecule has 1 aliphatic rings. The first-order valence-corrected chi connectivity index (χ1v) is 9.57. The van der Waals surface area contributed by atoms with Gasteiger partial charge in [0.05, 0.1) is 22.3 Å². The van der Waals surface area contributed by atoms with Gasteiger partial charge in [-0.15, -0.1) is 0 Å². The number of carbonyl (C=O) groups excluding carboxylic acids is 1. The predicted molar refractivity (Wildman–Crippen MR) is 105 cm³/mol. The van der Waals surface area contributed by atoms with E-state index in [4.69, 9.17) is 14.0 Å². The molecule has 0 spiro atoms. The number of hydrogen-bond acceptors (Lipinski definition) is 7. The van der Waals surface area contributed by atoms with E-state index in [2.05, 4.69) is 15.5 Å². The molecule has 1 aliphatic heterocycles. The van der Waals surface area contributed by atoms with Gasteiger partial charge in [-0.25, -0.2) is 4.98 Å². The minimum atomic E-state index is -0.193. The molecule has 1 N–H and O–H groups in total. The molecule has 0 bridgehead atoms. The van der Waals surface area contributed by atoms with Crippen LogP contribution in [0.5, 0.6) is 11.5 Å². The lowest BCUT2D eigenvalue weighted by Gasteiger charge is -2.18. The topological polar surface area (TPSA) is 86.5 Å². The summed E-state index contributed by atoms with van der Waals surface area (Å²) in [6, 6.07) is 15.1. The van der Waals surface area contributed by atoms with Crippen molar-refractivity contribution in [1.82, 2.24) is 10.1 Å². The second-order valence-electron chi connectivity index (χ2n) is 6.25. The average molecular weight is 393 g/mol. The number of hydrogen-bond donors (Lipinski definition) is 1. The van der Waals surface area contributed by atoms with Gasteiger partial charge >= 0.3 is 0 Å². The lowest BCUT2D eigenvalue weighted by molar-refractivity contribution is -0.115. The Kier molecular flexibility index (Phi) is 4.17. The van der Waals surface area contributed by atoms with Crippen molar-refractivity contribution in [2.75, 3.05) is 18.5 Å². The number of nitrogens with zero attached hydrogens (tertiary/aromatic N) is 2. The van der Waals surface area contributed by atoms with Gasteiger partial charge in [0.2, 0.25) is 5.91 Å². The second-order valence-corrected chi connectivity index (χ2v) is 7.28. The molecule has 0 saturated carbocycles. The molecule has 4 aromatic rings. The summed E-state index contributed by atoms with van der Waals surface area (Å²) < 4.78 is 17.5. The van der Waals surface area contributed by atoms with Crippen molar-refractivity contribution in [2.45, 2.75) is 6.42 Å². The van der Waals surface area contributed by atoms with Crippen LogP contribution in [-0.4, -0.2) is 29.3 Å². The highest BCUT2D eigenvalue weighted by molar-refractivity contribution is 7.22. The summed E-state index contributed by atoms with van der Waals surface area (Å²) in [4.78, 5) is 16.7. The molecule has 0 aliphatic carbocycles. The van der Waals surface area contributed by atoms with E-state index >= 15 is 0 Å². The highest BCUT2D eigenvalue weighted by atomic mass is 32.1. The molecule has 7 nitrogen and oxygen atoms in total. The third-order valence-electron chi connectivity index (χ3n) is 4.27. The van der Waals surface area contributed by atoms with Crippen LogP contribution >= 0.6 is 11.3 Å². The number of amides is 1. The molecule has 5 rings (SSSR count). The van der Waals surface area contributed by atoms with Crippen LogP contribution < -0.4 is 14.8 Å². The van der Waals surface area contributed by atoms with Crippen molar-refractivity contribution >= 4 is 32.6 Å². The number of para-hydroxylation sites is 1. The average Bonchev–Trinajstić information content (AvgIpc) is 3.33. The standard InChI is InChI=1S/C20H15N3O4S/c24-19(22-20-21-14-3-1-2-4-18(14)28-20)11-13-10-16(27-23-13)12-5-6-15-17(9-12)26-8-7-25-15/h1-6,9-10H,7-8,11H2,(H,21,22,24). The lowest BCUT2D eigenvalue weighted by Crippen LogP contribution is -2.15. The summed E-state index contributed by atoms with van der Waals surface area (Å²) in [6.07, 6.45) is 0.101. The van der Waals surface area contributed by atoms with E-state index < -0.39 is 0 Å². The first kappa shape index (κ1) is 16.8. The van der Waals surface area contributed by atoms with Crippen molar-refractivity contribution in [3.63, 3.8) is 0 Å². The van der Waals surface area contributed by atoms with Crippen LogP contribution in [0.4, 0.5) is 5.13 Å². The predicted octanol–water partition coefficient (Wildman–Crippen LogP) is 3.90. The third kappa shape index (κ3) is 3.29. The van der Waals surface area contributed by atoms with Crippen LogP contribution in [-0.2, 0) is 11.2 Å². The Labute approximate surface area is 163 Å². The smallest absolute Gasteiger partial charge is 0.232 e. The molecular formula is C20H15N3O4S. The van der Waals surface area contributed by atoms with Gasteiger partial charge in [-0.3, -0.25) is 4.79 Å². The van der Waals surface area contributed by atoms with Crippen molar-refractivity contribution < 1.29 is 18.8 Å². The van der Waals surface area contributed by atoms with Crippen LogP contribution in [0.15, 0.2) is 53.1 Å². The van der Waals surface area contributed by atoms with Crippen molar-refractivity contribution in [1.29, 1.82) is 0 Å². The first-order valence-electron chi connectivity index (χ1n) is 8.76. The maximum Gasteiger partial charge on any atom is 0.232 e. The Morgan fingerprint density at radius 3 is 2.82 bits per heavy atom. The fourth-order valence-electron chi connectivity index (χ4n) is 2.98. The minimum absolute atomic E-state index is 0.101. The maximum absolute atomic E-state index is 12.3. The van der Waals surface area contributed by atoms with Gasteiger partial charge in [0, 0.05) is 11.6 Å². The molecular weight excluding hydrogens is 378 g/mol. The number of benzene rings is 2. The first-order chi connectivity index (χ1) is 13.7. The SMILES string of the molecule is O=C(Cc1cc(-c2ccc3c(c2)OCCO3)on1)Nc1nc2ccccc2s1. The van der Waals surface area contributed by atoms with Gasteiger partial charge in [0.1, 0.15) is 13.2 Å². The fraction of sp³-hybridized carbons (Fsp3) is 0.150. The molecule has 0 atom stereocenters. The molecule has 3 heterocycles. The molecule has 8 heteroatoms. The molecule has 1 amide bonds. The normalized spacial score (nSPS) is 12.9. The summed E-state index contributed by atoms with van der Waals surface area (Å²) in [5.74, 6) is 1.76. The Hall–Kier alpha value is -3.39. The molecule has 0 fully saturated rings. The minimum Gasteiger partial charge on any atom is -0.486 e. The molecule has 140 valence electrons. The summed E-state index contributed by atoms with van der Waals surface area (Å²) in [5, 5.41) is 7.40. The number of fused-ring (bicyclic) bond motifs is 2. The molecule has 0 radical (unpaired) electrons. The zero-order chi connectivity index (χ0) is 18.9. The van der Waals surface area contributed by atoms with Gasteiger partial charge in [-0.05, 0) is 30.3 Å². The summed E-state index contributed by atoms with van der Waals surface area (Å²) in [6.45, 7) is 1.06. The zero-order valence-corrected chi connectivity index (χ0v) is 15.5. The van der Waals surface area contributed by atoms with Crippen molar-refractivity contribution in [3.05, 3.63) is 54.2 Å². The zero-order valence-electron chi connectivity index (χ0n) is 14.7. The number of nitrogens with one attached hydrogen (secondary N) is 1. The Balaban J connectivity index is 1.29. The molecule has 2 aromatic carbocycles. The lowest BCUT2D eigenvalue weighted by atomic mass is 10.1. The van der Waals surface area contributed by atoms with Crippen LogP contribution in [0.2, 0.25) is 0 Å².